The molecule has 0 aliphatic rings. The Bertz CT molecular complexity index is 638. The first-order chi connectivity index (χ1) is 6.48. The highest BCUT2D eigenvalue weighted by atomic mass is 32.2. The van der Waals surface area contributed by atoms with Crippen LogP contribution in [-0.4, -0.2) is 24.6 Å². The molecule has 0 unspecified atom stereocenters. The molecule has 0 aliphatic heterocycles. The number of aromatic amines is 1. The molecule has 0 amide bonds. The maximum atomic E-state index is 11.3. The normalized spacial score (nSPS) is 12.1. The Labute approximate surface area is 83.3 Å². The molecule has 2 aromatic heterocycles. The van der Waals surface area contributed by atoms with Crippen LogP contribution >= 0.6 is 11.3 Å². The SMILES string of the molecule is CS(=O)(=O)c1nc2[nH]ccc(=O)c2s1. The lowest BCUT2D eigenvalue weighted by atomic mass is 10.5. The van der Waals surface area contributed by atoms with Crippen molar-refractivity contribution in [1.82, 2.24) is 9.97 Å². The van der Waals surface area contributed by atoms with E-state index < -0.39 is 9.84 Å². The zero-order valence-electron chi connectivity index (χ0n) is 7.14. The van der Waals surface area contributed by atoms with Crippen LogP contribution in [0.4, 0.5) is 0 Å². The summed E-state index contributed by atoms with van der Waals surface area (Å²) in [5.41, 5.74) is 0.106. The summed E-state index contributed by atoms with van der Waals surface area (Å²) in [6, 6.07) is 1.34. The van der Waals surface area contributed by atoms with Crippen LogP contribution in [0.25, 0.3) is 10.3 Å². The van der Waals surface area contributed by atoms with Crippen molar-refractivity contribution in [2.24, 2.45) is 0 Å². The number of aromatic nitrogens is 2. The Balaban J connectivity index is 2.88. The molecule has 2 aromatic rings. The largest absolute Gasteiger partial charge is 0.345 e. The van der Waals surface area contributed by atoms with Gasteiger partial charge in [-0.25, -0.2) is 13.4 Å². The molecular formula is C7H6N2O3S2. The van der Waals surface area contributed by atoms with Crippen molar-refractivity contribution in [2.75, 3.05) is 6.26 Å². The van der Waals surface area contributed by atoms with Gasteiger partial charge >= 0.3 is 0 Å². The summed E-state index contributed by atoms with van der Waals surface area (Å²) in [5.74, 6) is 0. The molecule has 0 atom stereocenters. The van der Waals surface area contributed by atoms with E-state index in [9.17, 15) is 13.2 Å². The van der Waals surface area contributed by atoms with E-state index in [2.05, 4.69) is 9.97 Å². The predicted molar refractivity (Wildman–Crippen MR) is 53.4 cm³/mol. The summed E-state index contributed by atoms with van der Waals surface area (Å²) in [7, 11) is -3.33. The lowest BCUT2D eigenvalue weighted by Crippen LogP contribution is -1.96. The molecule has 0 aliphatic carbocycles. The molecule has 1 N–H and O–H groups in total. The lowest BCUT2D eigenvalue weighted by Gasteiger charge is -1.85. The summed E-state index contributed by atoms with van der Waals surface area (Å²) in [6.07, 6.45) is 2.51. The fourth-order valence-electron chi connectivity index (χ4n) is 0.996. The number of hydrogen-bond donors (Lipinski definition) is 1. The Morgan fingerprint density at radius 1 is 1.50 bits per heavy atom. The number of thiazole rings is 1. The maximum absolute atomic E-state index is 11.3. The number of hydrogen-bond acceptors (Lipinski definition) is 5. The predicted octanol–water partition coefficient (Wildman–Crippen LogP) is 0.388. The average Bonchev–Trinajstić information content (AvgIpc) is 2.48. The van der Waals surface area contributed by atoms with Crippen molar-refractivity contribution < 1.29 is 8.42 Å². The van der Waals surface area contributed by atoms with E-state index in [0.717, 1.165) is 17.6 Å². The summed E-state index contributed by atoms with van der Waals surface area (Å²) in [6.45, 7) is 0. The van der Waals surface area contributed by atoms with Gasteiger partial charge in [0, 0.05) is 18.5 Å². The van der Waals surface area contributed by atoms with Crippen LogP contribution in [0.3, 0.4) is 0 Å². The molecular weight excluding hydrogens is 224 g/mol. The van der Waals surface area contributed by atoms with Gasteiger partial charge in [0.25, 0.3) is 0 Å². The zero-order chi connectivity index (χ0) is 10.3. The van der Waals surface area contributed by atoms with Crippen molar-refractivity contribution in [2.45, 2.75) is 4.34 Å². The number of fused-ring (bicyclic) bond motifs is 1. The summed E-state index contributed by atoms with van der Waals surface area (Å²) < 4.78 is 22.6. The molecule has 0 bridgehead atoms. The Morgan fingerprint density at radius 3 is 2.79 bits per heavy atom. The van der Waals surface area contributed by atoms with Crippen LogP contribution in [0.2, 0.25) is 0 Å². The first-order valence-electron chi connectivity index (χ1n) is 3.67. The second-order valence-electron chi connectivity index (χ2n) is 2.77. The molecule has 0 saturated carbocycles. The van der Waals surface area contributed by atoms with Gasteiger partial charge in [-0.05, 0) is 0 Å². The van der Waals surface area contributed by atoms with Crippen LogP contribution in [0, 0.1) is 0 Å². The molecule has 14 heavy (non-hydrogen) atoms. The van der Waals surface area contributed by atoms with Crippen LogP contribution in [0.15, 0.2) is 21.4 Å². The van der Waals surface area contributed by atoms with Crippen molar-refractivity contribution in [1.29, 1.82) is 0 Å². The average molecular weight is 230 g/mol. The van der Waals surface area contributed by atoms with E-state index in [1.165, 1.54) is 12.3 Å². The number of pyridine rings is 1. The molecule has 0 fully saturated rings. The van der Waals surface area contributed by atoms with Gasteiger partial charge < -0.3 is 4.98 Å². The molecule has 0 aromatic carbocycles. The third kappa shape index (κ3) is 1.44. The standard InChI is InChI=1S/C7H6N2O3S2/c1-14(11,12)7-9-6-5(13-7)4(10)2-3-8-6/h2-3H,1H3,(H,8,10). The quantitative estimate of drug-likeness (QED) is 0.768. The van der Waals surface area contributed by atoms with E-state index in [-0.39, 0.29) is 9.77 Å². The van der Waals surface area contributed by atoms with Gasteiger partial charge in [0.05, 0.1) is 0 Å². The molecule has 2 heterocycles. The highest BCUT2D eigenvalue weighted by molar-refractivity contribution is 7.92. The third-order valence-electron chi connectivity index (χ3n) is 1.60. The first kappa shape index (κ1) is 9.35. The van der Waals surface area contributed by atoms with Gasteiger partial charge in [0.2, 0.25) is 19.6 Å². The van der Waals surface area contributed by atoms with E-state index in [0.29, 0.717) is 10.3 Å². The number of nitrogens with zero attached hydrogens (tertiary/aromatic N) is 1. The minimum Gasteiger partial charge on any atom is -0.345 e. The van der Waals surface area contributed by atoms with Gasteiger partial charge in [-0.2, -0.15) is 0 Å². The van der Waals surface area contributed by atoms with Gasteiger partial charge in [-0.1, -0.05) is 11.3 Å². The van der Waals surface area contributed by atoms with Crippen molar-refractivity contribution in [3.05, 3.63) is 22.5 Å². The lowest BCUT2D eigenvalue weighted by molar-refractivity contribution is 0.601. The molecule has 5 nitrogen and oxygen atoms in total. The van der Waals surface area contributed by atoms with Crippen LogP contribution in [0.1, 0.15) is 0 Å². The van der Waals surface area contributed by atoms with Crippen LogP contribution in [0.5, 0.6) is 0 Å². The van der Waals surface area contributed by atoms with Crippen molar-refractivity contribution >= 4 is 31.5 Å². The number of nitrogens with one attached hydrogen (secondary N) is 1. The van der Waals surface area contributed by atoms with E-state index >= 15 is 0 Å². The molecule has 0 saturated heterocycles. The summed E-state index contributed by atoms with van der Waals surface area (Å²) >= 11 is 0.888. The Morgan fingerprint density at radius 2 is 2.21 bits per heavy atom. The van der Waals surface area contributed by atoms with E-state index in [1.54, 1.807) is 0 Å². The fourth-order valence-corrected chi connectivity index (χ4v) is 2.79. The van der Waals surface area contributed by atoms with Crippen molar-refractivity contribution in [3.63, 3.8) is 0 Å². The minimum atomic E-state index is -3.33. The second-order valence-corrected chi connectivity index (χ2v) is 5.96. The summed E-state index contributed by atoms with van der Waals surface area (Å²) in [4.78, 5) is 17.8. The van der Waals surface area contributed by atoms with E-state index in [4.69, 9.17) is 0 Å². The summed E-state index contributed by atoms with van der Waals surface area (Å²) in [5, 5.41) is 0. The topological polar surface area (TPSA) is 79.9 Å². The van der Waals surface area contributed by atoms with Gasteiger partial charge in [0.1, 0.15) is 4.70 Å². The zero-order valence-corrected chi connectivity index (χ0v) is 8.78. The van der Waals surface area contributed by atoms with Crippen molar-refractivity contribution in [3.8, 4) is 0 Å². The molecule has 0 spiro atoms. The third-order valence-corrected chi connectivity index (χ3v) is 4.35. The second kappa shape index (κ2) is 2.89. The number of rotatable bonds is 1. The highest BCUT2D eigenvalue weighted by Crippen LogP contribution is 2.20. The molecule has 0 radical (unpaired) electrons. The number of sulfone groups is 1. The minimum absolute atomic E-state index is 0.0351. The first-order valence-corrected chi connectivity index (χ1v) is 6.37. The fraction of sp³-hybridized carbons (Fsp3) is 0.143. The Kier molecular flexibility index (Phi) is 1.93. The highest BCUT2D eigenvalue weighted by Gasteiger charge is 2.14. The maximum Gasteiger partial charge on any atom is 0.211 e. The van der Waals surface area contributed by atoms with Gasteiger partial charge in [-0.15, -0.1) is 0 Å². The smallest absolute Gasteiger partial charge is 0.211 e. The Hall–Kier alpha value is -1.21. The van der Waals surface area contributed by atoms with Gasteiger partial charge in [-0.3, -0.25) is 4.79 Å². The van der Waals surface area contributed by atoms with E-state index in [1.807, 2.05) is 0 Å². The molecule has 2 rings (SSSR count). The number of H-pyrrole nitrogens is 1. The van der Waals surface area contributed by atoms with Crippen LogP contribution in [-0.2, 0) is 9.84 Å². The van der Waals surface area contributed by atoms with Gasteiger partial charge in [0.15, 0.2) is 5.65 Å². The van der Waals surface area contributed by atoms with Crippen LogP contribution < -0.4 is 5.43 Å². The molecule has 74 valence electrons. The molecule has 7 heteroatoms. The monoisotopic (exact) mass is 230 g/mol.